The van der Waals surface area contributed by atoms with Crippen molar-refractivity contribution in [2.45, 2.75) is 38.5 Å². The van der Waals surface area contributed by atoms with E-state index in [9.17, 15) is 14.4 Å². The number of nitrogens with one attached hydrogen (secondary N) is 1. The molecule has 1 N–H and O–H groups in total. The second-order valence-electron chi connectivity index (χ2n) is 4.77. The van der Waals surface area contributed by atoms with E-state index >= 15 is 0 Å². The third-order valence-corrected chi connectivity index (χ3v) is 3.53. The molecule has 1 heterocycles. The zero-order chi connectivity index (χ0) is 13.1. The van der Waals surface area contributed by atoms with E-state index in [4.69, 9.17) is 10.2 Å². The molecule has 2 fully saturated rings. The van der Waals surface area contributed by atoms with E-state index in [-0.39, 0.29) is 24.7 Å². The van der Waals surface area contributed by atoms with Gasteiger partial charge in [-0.3, -0.25) is 9.59 Å². The number of hydroxylamine groups is 2. The van der Waals surface area contributed by atoms with Gasteiger partial charge in [-0.2, -0.15) is 0 Å². The number of imide groups is 1. The maximum atomic E-state index is 11.8. The van der Waals surface area contributed by atoms with Crippen molar-refractivity contribution in [3.63, 3.8) is 0 Å². The van der Waals surface area contributed by atoms with Gasteiger partial charge in [0, 0.05) is 12.8 Å². The van der Waals surface area contributed by atoms with Crippen LogP contribution in [0.2, 0.25) is 0 Å². The fourth-order valence-electron chi connectivity index (χ4n) is 2.34. The van der Waals surface area contributed by atoms with E-state index < -0.39 is 17.8 Å². The largest absolute Gasteiger partial charge is 0.336 e. The van der Waals surface area contributed by atoms with Gasteiger partial charge in [-0.25, -0.2) is 4.79 Å². The summed E-state index contributed by atoms with van der Waals surface area (Å²) in [4.78, 5) is 39.3. The van der Waals surface area contributed by atoms with E-state index in [1.807, 2.05) is 0 Å². The Hall–Kier alpha value is -1.72. The first kappa shape index (κ1) is 12.7. The van der Waals surface area contributed by atoms with E-state index in [2.05, 4.69) is 0 Å². The Morgan fingerprint density at radius 2 is 1.72 bits per heavy atom. The van der Waals surface area contributed by atoms with Crippen molar-refractivity contribution in [3.05, 3.63) is 0 Å². The van der Waals surface area contributed by atoms with Crippen LogP contribution >= 0.6 is 0 Å². The molecule has 2 amide bonds. The molecule has 0 radical (unpaired) electrons. The van der Waals surface area contributed by atoms with Crippen molar-refractivity contribution in [1.29, 1.82) is 5.41 Å². The molecule has 6 nitrogen and oxygen atoms in total. The highest BCUT2D eigenvalue weighted by atomic mass is 16.7. The van der Waals surface area contributed by atoms with Crippen LogP contribution in [0.3, 0.4) is 0 Å². The Kier molecular flexibility index (Phi) is 3.74. The van der Waals surface area contributed by atoms with E-state index in [1.54, 1.807) is 0 Å². The SMILES string of the molecule is N=CC1CCC(C(=O)ON2C(=O)CCC2=O)CC1. The first-order valence-corrected chi connectivity index (χ1v) is 6.20. The molecule has 0 aromatic heterocycles. The quantitative estimate of drug-likeness (QED) is 0.600. The molecule has 18 heavy (non-hydrogen) atoms. The number of amides is 2. The number of hydrogen-bond donors (Lipinski definition) is 1. The van der Waals surface area contributed by atoms with Gasteiger partial charge in [0.1, 0.15) is 0 Å². The first-order chi connectivity index (χ1) is 8.61. The Bertz CT molecular complexity index is 370. The summed E-state index contributed by atoms with van der Waals surface area (Å²) in [5, 5.41) is 7.77. The van der Waals surface area contributed by atoms with E-state index in [0.717, 1.165) is 12.8 Å². The van der Waals surface area contributed by atoms with Crippen molar-refractivity contribution < 1.29 is 19.2 Å². The molecule has 1 aliphatic heterocycles. The normalized spacial score (nSPS) is 28.3. The maximum absolute atomic E-state index is 11.8. The molecule has 2 aliphatic rings. The number of hydrogen-bond acceptors (Lipinski definition) is 5. The van der Waals surface area contributed by atoms with Crippen LogP contribution in [0.4, 0.5) is 0 Å². The molecule has 98 valence electrons. The molecule has 1 aliphatic carbocycles. The van der Waals surface area contributed by atoms with Gasteiger partial charge in [0.15, 0.2) is 0 Å². The predicted octanol–water partition coefficient (Wildman–Crippen LogP) is 1.05. The predicted molar refractivity (Wildman–Crippen MR) is 61.4 cm³/mol. The van der Waals surface area contributed by atoms with Crippen LogP contribution in [-0.2, 0) is 19.2 Å². The van der Waals surface area contributed by atoms with Gasteiger partial charge in [0.25, 0.3) is 11.8 Å². The van der Waals surface area contributed by atoms with Gasteiger partial charge < -0.3 is 10.2 Å². The lowest BCUT2D eigenvalue weighted by Gasteiger charge is -2.25. The third-order valence-electron chi connectivity index (χ3n) is 3.53. The molecule has 1 saturated heterocycles. The topological polar surface area (TPSA) is 87.5 Å². The van der Waals surface area contributed by atoms with Crippen LogP contribution in [0.1, 0.15) is 38.5 Å². The van der Waals surface area contributed by atoms with Gasteiger partial charge in [-0.1, -0.05) is 0 Å². The number of carbonyl (C=O) groups is 3. The van der Waals surface area contributed by atoms with Crippen molar-refractivity contribution in [2.24, 2.45) is 11.8 Å². The van der Waals surface area contributed by atoms with Gasteiger partial charge in [0.05, 0.1) is 5.92 Å². The summed E-state index contributed by atoms with van der Waals surface area (Å²) in [6.07, 6.45) is 4.51. The third kappa shape index (κ3) is 2.57. The zero-order valence-corrected chi connectivity index (χ0v) is 10.1. The fraction of sp³-hybridized carbons (Fsp3) is 0.667. The zero-order valence-electron chi connectivity index (χ0n) is 10.1. The van der Waals surface area contributed by atoms with Crippen LogP contribution in [0.25, 0.3) is 0 Å². The Balaban J connectivity index is 1.87. The fourth-order valence-corrected chi connectivity index (χ4v) is 2.34. The smallest absolute Gasteiger partial charge is 0.330 e. The molecule has 0 aromatic carbocycles. The van der Waals surface area contributed by atoms with Crippen LogP contribution in [0.15, 0.2) is 0 Å². The molecule has 0 bridgehead atoms. The van der Waals surface area contributed by atoms with Gasteiger partial charge in [0.2, 0.25) is 0 Å². The molecule has 0 spiro atoms. The Morgan fingerprint density at radius 3 is 2.22 bits per heavy atom. The summed E-state index contributed by atoms with van der Waals surface area (Å²) in [5.74, 6) is -1.41. The van der Waals surface area contributed by atoms with Crippen LogP contribution in [0.5, 0.6) is 0 Å². The molecular formula is C12H16N2O4. The highest BCUT2D eigenvalue weighted by Gasteiger charge is 2.35. The Labute approximate surface area is 105 Å². The highest BCUT2D eigenvalue weighted by Crippen LogP contribution is 2.29. The summed E-state index contributed by atoms with van der Waals surface area (Å²) in [5.41, 5.74) is 0. The Morgan fingerprint density at radius 1 is 1.17 bits per heavy atom. The van der Waals surface area contributed by atoms with Crippen molar-refractivity contribution in [2.75, 3.05) is 0 Å². The standard InChI is InChI=1S/C12H16N2O4/c13-7-8-1-3-9(4-2-8)12(17)18-14-10(15)5-6-11(14)16/h7-9,13H,1-6H2. The average Bonchev–Trinajstić information content (AvgIpc) is 2.70. The first-order valence-electron chi connectivity index (χ1n) is 6.20. The lowest BCUT2D eigenvalue weighted by molar-refractivity contribution is -0.201. The summed E-state index contributed by atoms with van der Waals surface area (Å²) in [7, 11) is 0. The highest BCUT2D eigenvalue weighted by molar-refractivity contribution is 6.01. The number of rotatable bonds is 3. The molecule has 0 unspecified atom stereocenters. The second-order valence-corrected chi connectivity index (χ2v) is 4.77. The van der Waals surface area contributed by atoms with Crippen LogP contribution in [-0.4, -0.2) is 29.1 Å². The number of carbonyl (C=O) groups excluding carboxylic acids is 3. The lowest BCUT2D eigenvalue weighted by Crippen LogP contribution is -2.35. The summed E-state index contributed by atoms with van der Waals surface area (Å²) >= 11 is 0. The molecular weight excluding hydrogens is 236 g/mol. The summed E-state index contributed by atoms with van der Waals surface area (Å²) < 4.78 is 0. The minimum atomic E-state index is -0.498. The van der Waals surface area contributed by atoms with Crippen LogP contribution < -0.4 is 0 Å². The minimum Gasteiger partial charge on any atom is -0.330 e. The lowest BCUT2D eigenvalue weighted by atomic mass is 9.83. The van der Waals surface area contributed by atoms with E-state index in [1.165, 1.54) is 6.21 Å². The van der Waals surface area contributed by atoms with Crippen LogP contribution in [0, 0.1) is 17.2 Å². The number of nitrogens with zero attached hydrogens (tertiary/aromatic N) is 1. The molecule has 6 heteroatoms. The van der Waals surface area contributed by atoms with E-state index in [0.29, 0.717) is 17.9 Å². The van der Waals surface area contributed by atoms with Gasteiger partial charge in [-0.15, -0.1) is 5.06 Å². The monoisotopic (exact) mass is 252 g/mol. The minimum absolute atomic E-state index is 0.118. The van der Waals surface area contributed by atoms with Gasteiger partial charge in [-0.05, 0) is 37.8 Å². The molecule has 0 atom stereocenters. The molecule has 2 rings (SSSR count). The molecule has 0 aromatic rings. The van der Waals surface area contributed by atoms with Crippen molar-refractivity contribution in [1.82, 2.24) is 5.06 Å². The second kappa shape index (κ2) is 5.29. The summed E-state index contributed by atoms with van der Waals surface area (Å²) in [6, 6.07) is 0. The van der Waals surface area contributed by atoms with Crippen molar-refractivity contribution in [3.8, 4) is 0 Å². The van der Waals surface area contributed by atoms with Crippen molar-refractivity contribution >= 4 is 24.0 Å². The van der Waals surface area contributed by atoms with Gasteiger partial charge >= 0.3 is 5.97 Å². The molecule has 1 saturated carbocycles. The summed E-state index contributed by atoms with van der Waals surface area (Å²) in [6.45, 7) is 0. The maximum Gasteiger partial charge on any atom is 0.336 e. The average molecular weight is 252 g/mol.